The molecule has 1 saturated heterocycles. The van der Waals surface area contributed by atoms with Crippen LogP contribution in [-0.2, 0) is 0 Å². The number of nitrogens with zero attached hydrogens (tertiary/aromatic N) is 2. The molecule has 35 heavy (non-hydrogen) atoms. The van der Waals surface area contributed by atoms with E-state index in [1.807, 2.05) is 60.4 Å². The molecule has 2 heterocycles. The van der Waals surface area contributed by atoms with Gasteiger partial charge in [0.15, 0.2) is 22.3 Å². The topological polar surface area (TPSA) is 60.5 Å². The number of methoxy groups -OCH3 is 3. The second-order valence-electron chi connectivity index (χ2n) is 8.61. The zero-order valence-corrected chi connectivity index (χ0v) is 20.8. The van der Waals surface area contributed by atoms with Gasteiger partial charge < -0.3 is 18.9 Å². The van der Waals surface area contributed by atoms with Crippen molar-refractivity contribution in [3.05, 3.63) is 77.9 Å². The van der Waals surface area contributed by atoms with Gasteiger partial charge in [-0.05, 0) is 49.5 Å². The van der Waals surface area contributed by atoms with Gasteiger partial charge in [0.25, 0.3) is 5.91 Å². The molecule has 2 aliphatic rings. The van der Waals surface area contributed by atoms with Crippen LogP contribution in [0.25, 0.3) is 0 Å². The Balaban J connectivity index is 1.69. The largest absolute Gasteiger partial charge is 0.497 e. The van der Waals surface area contributed by atoms with Crippen molar-refractivity contribution in [1.82, 2.24) is 4.90 Å². The molecule has 8 heteroatoms. The molecule has 2 bridgehead atoms. The number of hydrogen-bond donors (Lipinski definition) is 0. The summed E-state index contributed by atoms with van der Waals surface area (Å²) < 4.78 is 23.0. The summed E-state index contributed by atoms with van der Waals surface area (Å²) in [7, 11) is 4.72. The Labute approximate surface area is 209 Å². The molecule has 2 unspecified atom stereocenters. The molecular weight excluding hydrogens is 464 g/mol. The van der Waals surface area contributed by atoms with Crippen molar-refractivity contribution in [1.29, 1.82) is 0 Å². The van der Waals surface area contributed by atoms with E-state index in [-0.39, 0.29) is 11.9 Å². The molecule has 0 spiro atoms. The summed E-state index contributed by atoms with van der Waals surface area (Å²) in [5, 5.41) is 0.357. The van der Waals surface area contributed by atoms with Crippen molar-refractivity contribution in [2.24, 2.45) is 0 Å². The van der Waals surface area contributed by atoms with Gasteiger partial charge in [-0.1, -0.05) is 30.3 Å². The molecule has 0 aliphatic carbocycles. The fourth-order valence-corrected chi connectivity index (χ4v) is 5.37. The molecule has 7 nitrogen and oxygen atoms in total. The predicted octanol–water partition coefficient (Wildman–Crippen LogP) is 5.20. The van der Waals surface area contributed by atoms with Crippen molar-refractivity contribution < 1.29 is 23.7 Å². The predicted molar refractivity (Wildman–Crippen MR) is 137 cm³/mol. The monoisotopic (exact) mass is 490 g/mol. The first-order valence-corrected chi connectivity index (χ1v) is 11.6. The van der Waals surface area contributed by atoms with Gasteiger partial charge in [0, 0.05) is 29.3 Å². The van der Waals surface area contributed by atoms with Crippen LogP contribution in [0.2, 0.25) is 0 Å². The molecule has 2 aliphatic heterocycles. The summed E-state index contributed by atoms with van der Waals surface area (Å²) in [6.07, 6.45) is 0.509. The molecule has 180 valence electrons. The number of para-hydroxylation sites is 2. The maximum atomic E-state index is 14.1. The number of fused-ring (bicyclic) bond motifs is 4. The zero-order chi connectivity index (χ0) is 24.7. The van der Waals surface area contributed by atoms with E-state index in [2.05, 4.69) is 0 Å². The number of thiocarbonyl (C=S) groups is 1. The Morgan fingerprint density at radius 1 is 0.971 bits per heavy atom. The third-order valence-electron chi connectivity index (χ3n) is 6.50. The van der Waals surface area contributed by atoms with Gasteiger partial charge in [-0.25, -0.2) is 0 Å². The molecular formula is C27H26N2O5S. The van der Waals surface area contributed by atoms with Gasteiger partial charge in [0.05, 0.1) is 27.4 Å². The molecule has 0 saturated carbocycles. The van der Waals surface area contributed by atoms with Crippen LogP contribution in [0.3, 0.4) is 0 Å². The molecule has 5 rings (SSSR count). The number of hydrogen-bond acceptors (Lipinski definition) is 6. The minimum absolute atomic E-state index is 0.254. The molecule has 3 aromatic rings. The van der Waals surface area contributed by atoms with Crippen LogP contribution in [0.15, 0.2) is 66.7 Å². The number of carbonyl (C=O) groups is 1. The number of ether oxygens (including phenoxy) is 4. The van der Waals surface area contributed by atoms with Crippen molar-refractivity contribution >= 4 is 28.9 Å². The van der Waals surface area contributed by atoms with Gasteiger partial charge >= 0.3 is 0 Å². The van der Waals surface area contributed by atoms with Crippen molar-refractivity contribution in [2.45, 2.75) is 25.1 Å². The first-order chi connectivity index (χ1) is 16.9. The highest BCUT2D eigenvalue weighted by molar-refractivity contribution is 7.80. The Hall–Kier alpha value is -3.78. The molecule has 0 radical (unpaired) electrons. The van der Waals surface area contributed by atoms with Gasteiger partial charge in [-0.3, -0.25) is 14.6 Å². The van der Waals surface area contributed by atoms with Gasteiger partial charge in [-0.2, -0.15) is 0 Å². The lowest BCUT2D eigenvalue weighted by molar-refractivity contribution is 0.0162. The summed E-state index contributed by atoms with van der Waals surface area (Å²) >= 11 is 6.00. The van der Waals surface area contributed by atoms with Gasteiger partial charge in [-0.15, -0.1) is 0 Å². The summed E-state index contributed by atoms with van der Waals surface area (Å²) in [6, 6.07) is 20.2. The first-order valence-electron chi connectivity index (χ1n) is 11.2. The highest BCUT2D eigenvalue weighted by atomic mass is 32.1. The number of anilines is 1. The van der Waals surface area contributed by atoms with Gasteiger partial charge in [0.1, 0.15) is 11.5 Å². The number of carbonyl (C=O) groups excluding carboxylic acids is 1. The van der Waals surface area contributed by atoms with E-state index >= 15 is 0 Å². The first kappa shape index (κ1) is 23.0. The summed E-state index contributed by atoms with van der Waals surface area (Å²) in [5.41, 5.74) is 1.27. The van der Waals surface area contributed by atoms with E-state index in [1.165, 1.54) is 0 Å². The molecule has 0 aromatic heterocycles. The fraction of sp³-hybridized carbons (Fsp3) is 0.259. The lowest BCUT2D eigenvalue weighted by Gasteiger charge is -2.55. The maximum Gasteiger partial charge on any atom is 0.260 e. The lowest BCUT2D eigenvalue weighted by atomic mass is 9.88. The van der Waals surface area contributed by atoms with E-state index in [1.54, 1.807) is 44.4 Å². The molecule has 3 aromatic carbocycles. The van der Waals surface area contributed by atoms with Gasteiger partial charge in [0.2, 0.25) is 0 Å². The van der Waals surface area contributed by atoms with Crippen LogP contribution in [0, 0.1) is 0 Å². The zero-order valence-electron chi connectivity index (χ0n) is 20.0. The smallest absolute Gasteiger partial charge is 0.260 e. The van der Waals surface area contributed by atoms with Crippen molar-refractivity contribution in [2.75, 3.05) is 26.2 Å². The average molecular weight is 491 g/mol. The summed E-state index contributed by atoms with van der Waals surface area (Å²) in [6.45, 7) is 1.99. The third kappa shape index (κ3) is 3.74. The SMILES string of the molecule is COc1cc(OC)cc(C(=O)N2C(=S)N(c3ccccc3)C3(C)CC2c2cccc(OC)c2O3)c1. The highest BCUT2D eigenvalue weighted by Crippen LogP contribution is 2.52. The highest BCUT2D eigenvalue weighted by Gasteiger charge is 2.54. The quantitative estimate of drug-likeness (QED) is 0.456. The average Bonchev–Trinajstić information content (AvgIpc) is 2.88. The van der Waals surface area contributed by atoms with Crippen LogP contribution < -0.4 is 23.8 Å². The van der Waals surface area contributed by atoms with E-state index in [4.69, 9.17) is 31.2 Å². The minimum atomic E-state index is -0.826. The third-order valence-corrected chi connectivity index (χ3v) is 6.88. The second kappa shape index (κ2) is 8.78. The van der Waals surface area contributed by atoms with Crippen LogP contribution in [-0.4, -0.2) is 43.0 Å². The Kier molecular flexibility index (Phi) is 5.76. The standard InChI is InChI=1S/C27H26N2O5S/c1-27-16-22(21-11-8-12-23(33-4)24(21)34-27)28(26(35)29(27)18-9-6-5-7-10-18)25(30)17-13-19(31-2)15-20(14-17)32-3/h5-15,22H,16H2,1-4H3. The van der Waals surface area contributed by atoms with E-state index < -0.39 is 5.72 Å². The summed E-state index contributed by atoms with van der Waals surface area (Å²) in [5.74, 6) is 2.01. The molecule has 1 amide bonds. The fourth-order valence-electron chi connectivity index (χ4n) is 4.87. The van der Waals surface area contributed by atoms with E-state index in [0.717, 1.165) is 11.3 Å². The van der Waals surface area contributed by atoms with Crippen LogP contribution in [0.1, 0.15) is 35.3 Å². The summed E-state index contributed by atoms with van der Waals surface area (Å²) in [4.78, 5) is 17.7. The molecule has 0 N–H and O–H groups in total. The second-order valence-corrected chi connectivity index (χ2v) is 8.97. The minimum Gasteiger partial charge on any atom is -0.497 e. The molecule has 1 fully saturated rings. The van der Waals surface area contributed by atoms with Crippen LogP contribution in [0.5, 0.6) is 23.0 Å². The van der Waals surface area contributed by atoms with E-state index in [9.17, 15) is 4.79 Å². The van der Waals surface area contributed by atoms with Crippen molar-refractivity contribution in [3.8, 4) is 23.0 Å². The lowest BCUT2D eigenvalue weighted by Crippen LogP contribution is -2.67. The number of amides is 1. The van der Waals surface area contributed by atoms with Crippen molar-refractivity contribution in [3.63, 3.8) is 0 Å². The number of rotatable bonds is 5. The van der Waals surface area contributed by atoms with E-state index in [0.29, 0.717) is 40.1 Å². The Bertz CT molecular complexity index is 1280. The van der Waals surface area contributed by atoms with Crippen LogP contribution >= 0.6 is 12.2 Å². The Morgan fingerprint density at radius 3 is 2.29 bits per heavy atom. The van der Waals surface area contributed by atoms with Crippen LogP contribution in [0.4, 0.5) is 5.69 Å². The molecule has 2 atom stereocenters. The normalized spacial score (nSPS) is 20.6. The maximum absolute atomic E-state index is 14.1. The number of benzene rings is 3. The Morgan fingerprint density at radius 2 is 1.66 bits per heavy atom.